The third-order valence-corrected chi connectivity index (χ3v) is 9.46. The van der Waals surface area contributed by atoms with Gasteiger partial charge in [0.1, 0.15) is 22.7 Å². The van der Waals surface area contributed by atoms with Crippen molar-refractivity contribution in [2.24, 2.45) is 0 Å². The topological polar surface area (TPSA) is 77.3 Å². The van der Waals surface area contributed by atoms with Crippen LogP contribution in [0.5, 0.6) is 5.75 Å². The number of pyridine rings is 1. The van der Waals surface area contributed by atoms with Crippen molar-refractivity contribution < 1.29 is 13.2 Å². The van der Waals surface area contributed by atoms with Crippen LogP contribution >= 0.6 is 34.8 Å². The first-order chi connectivity index (χ1) is 16.8. The van der Waals surface area contributed by atoms with Gasteiger partial charge in [0.25, 0.3) is 10.0 Å². The Morgan fingerprint density at radius 1 is 1.20 bits per heavy atom. The molecule has 0 fully saturated rings. The number of fused-ring (bicyclic) bond motifs is 2. The first-order valence-corrected chi connectivity index (χ1v) is 13.9. The Labute approximate surface area is 219 Å². The van der Waals surface area contributed by atoms with E-state index in [-0.39, 0.29) is 0 Å². The SMILES string of the molecule is CC1(S(=O)(=O)n2ncc3cc(N4CCCc5c4cc(Cl)c(OCCCl)c5Cl)ncc32)C=CC=CC1. The van der Waals surface area contributed by atoms with Crippen LogP contribution in [-0.4, -0.2) is 46.4 Å². The summed E-state index contributed by atoms with van der Waals surface area (Å²) in [6.07, 6.45) is 12.2. The molecule has 11 heteroatoms. The zero-order valence-corrected chi connectivity index (χ0v) is 22.0. The van der Waals surface area contributed by atoms with Crippen LogP contribution in [0.4, 0.5) is 11.5 Å². The van der Waals surface area contributed by atoms with Gasteiger partial charge >= 0.3 is 0 Å². The predicted molar refractivity (Wildman–Crippen MR) is 141 cm³/mol. The lowest BCUT2D eigenvalue weighted by molar-refractivity contribution is 0.343. The number of nitrogens with zero attached hydrogens (tertiary/aromatic N) is 4. The molecule has 1 aromatic carbocycles. The molecule has 3 heterocycles. The molecule has 3 aromatic rings. The first-order valence-electron chi connectivity index (χ1n) is 11.2. The molecule has 0 radical (unpaired) electrons. The van der Waals surface area contributed by atoms with Crippen LogP contribution in [0, 0.1) is 0 Å². The molecule has 184 valence electrons. The van der Waals surface area contributed by atoms with E-state index in [2.05, 4.69) is 10.1 Å². The molecule has 7 nitrogen and oxygen atoms in total. The van der Waals surface area contributed by atoms with Crippen molar-refractivity contribution in [3.8, 4) is 5.75 Å². The maximum atomic E-state index is 13.4. The van der Waals surface area contributed by atoms with Crippen LogP contribution in [0.15, 0.2) is 48.8 Å². The summed E-state index contributed by atoms with van der Waals surface area (Å²) in [5.41, 5.74) is 2.20. The second-order valence-corrected chi connectivity index (χ2v) is 12.1. The molecule has 1 aliphatic carbocycles. The second kappa shape index (κ2) is 9.32. The highest BCUT2D eigenvalue weighted by atomic mass is 35.5. The van der Waals surface area contributed by atoms with Gasteiger partial charge in [-0.15, -0.1) is 11.6 Å². The quantitative estimate of drug-likeness (QED) is 0.354. The minimum absolute atomic E-state index is 0.305. The van der Waals surface area contributed by atoms with Crippen molar-refractivity contribution in [2.75, 3.05) is 23.9 Å². The van der Waals surface area contributed by atoms with Crippen molar-refractivity contribution in [3.63, 3.8) is 0 Å². The number of ether oxygens (including phenoxy) is 1. The third-order valence-electron chi connectivity index (χ3n) is 6.40. The zero-order chi connectivity index (χ0) is 24.8. The van der Waals surface area contributed by atoms with E-state index in [0.29, 0.717) is 58.0 Å². The number of allylic oxidation sites excluding steroid dienone is 3. The van der Waals surface area contributed by atoms with Gasteiger partial charge < -0.3 is 9.64 Å². The molecule has 1 unspecified atom stereocenters. The van der Waals surface area contributed by atoms with Crippen LogP contribution in [-0.2, 0) is 16.4 Å². The van der Waals surface area contributed by atoms with Crippen LogP contribution in [0.1, 0.15) is 25.3 Å². The Morgan fingerprint density at radius 2 is 2.03 bits per heavy atom. The van der Waals surface area contributed by atoms with Gasteiger partial charge in [-0.2, -0.15) is 9.19 Å². The van der Waals surface area contributed by atoms with Gasteiger partial charge in [0.05, 0.1) is 28.3 Å². The Morgan fingerprint density at radius 3 is 2.77 bits per heavy atom. The van der Waals surface area contributed by atoms with E-state index in [1.54, 1.807) is 31.5 Å². The monoisotopic (exact) mass is 552 g/mol. The number of anilines is 2. The average molecular weight is 554 g/mol. The van der Waals surface area contributed by atoms with Crippen molar-refractivity contribution in [2.45, 2.75) is 30.9 Å². The lowest BCUT2D eigenvalue weighted by Crippen LogP contribution is -2.38. The van der Waals surface area contributed by atoms with Gasteiger partial charge in [0.2, 0.25) is 0 Å². The third kappa shape index (κ3) is 4.10. The first kappa shape index (κ1) is 24.4. The molecule has 2 aliphatic rings. The minimum atomic E-state index is -3.80. The Bertz CT molecular complexity index is 1470. The van der Waals surface area contributed by atoms with Gasteiger partial charge in [-0.25, -0.2) is 13.4 Å². The summed E-state index contributed by atoms with van der Waals surface area (Å²) in [5.74, 6) is 1.42. The largest absolute Gasteiger partial charge is 0.489 e. The lowest BCUT2D eigenvalue weighted by Gasteiger charge is -2.32. The normalized spacial score (nSPS) is 19.8. The van der Waals surface area contributed by atoms with Gasteiger partial charge in [-0.1, -0.05) is 47.5 Å². The molecule has 0 amide bonds. The Hall–Kier alpha value is -2.26. The number of halogens is 3. The summed E-state index contributed by atoms with van der Waals surface area (Å²) in [5, 5.41) is 5.77. The summed E-state index contributed by atoms with van der Waals surface area (Å²) in [4.78, 5) is 6.64. The molecule has 0 saturated carbocycles. The Kier molecular flexibility index (Phi) is 6.50. The number of benzene rings is 1. The van der Waals surface area contributed by atoms with E-state index in [1.807, 2.05) is 29.2 Å². The highest BCUT2D eigenvalue weighted by molar-refractivity contribution is 7.91. The van der Waals surface area contributed by atoms with Gasteiger partial charge in [0.15, 0.2) is 5.75 Å². The number of alkyl halides is 1. The van der Waals surface area contributed by atoms with E-state index in [1.165, 1.54) is 0 Å². The van der Waals surface area contributed by atoms with Crippen LogP contribution in [0.2, 0.25) is 10.0 Å². The maximum absolute atomic E-state index is 13.4. The highest BCUT2D eigenvalue weighted by Gasteiger charge is 2.39. The molecule has 0 bridgehead atoms. The van der Waals surface area contributed by atoms with E-state index in [4.69, 9.17) is 39.5 Å². The summed E-state index contributed by atoms with van der Waals surface area (Å²) in [7, 11) is -3.80. The molecule has 1 aliphatic heterocycles. The van der Waals surface area contributed by atoms with Gasteiger partial charge in [0, 0.05) is 17.6 Å². The van der Waals surface area contributed by atoms with E-state index in [9.17, 15) is 8.42 Å². The summed E-state index contributed by atoms with van der Waals surface area (Å²) in [6.45, 7) is 2.71. The smallest absolute Gasteiger partial charge is 0.263 e. The van der Waals surface area contributed by atoms with Gasteiger partial charge in [-0.3, -0.25) is 0 Å². The minimum Gasteiger partial charge on any atom is -0.489 e. The van der Waals surface area contributed by atoms with E-state index >= 15 is 0 Å². The van der Waals surface area contributed by atoms with Crippen molar-refractivity contribution in [1.82, 2.24) is 14.2 Å². The van der Waals surface area contributed by atoms with Crippen molar-refractivity contribution in [3.05, 3.63) is 64.4 Å². The molecule has 1 atom stereocenters. The molecular weight excluding hydrogens is 531 g/mol. The average Bonchev–Trinajstić information content (AvgIpc) is 3.28. The number of aromatic nitrogens is 3. The predicted octanol–water partition coefficient (Wildman–Crippen LogP) is 5.89. The number of rotatable bonds is 6. The molecule has 0 saturated heterocycles. The molecule has 5 rings (SSSR count). The van der Waals surface area contributed by atoms with E-state index < -0.39 is 14.8 Å². The maximum Gasteiger partial charge on any atom is 0.263 e. The van der Waals surface area contributed by atoms with Gasteiger partial charge in [-0.05, 0) is 43.9 Å². The molecule has 0 N–H and O–H groups in total. The molecular formula is C24H23Cl3N4O3S. The molecule has 2 aromatic heterocycles. The molecule has 35 heavy (non-hydrogen) atoms. The fraction of sp³-hybridized carbons (Fsp3) is 0.333. The highest BCUT2D eigenvalue weighted by Crippen LogP contribution is 2.45. The second-order valence-electron chi connectivity index (χ2n) is 8.69. The van der Waals surface area contributed by atoms with Crippen molar-refractivity contribution >= 4 is 67.2 Å². The summed E-state index contributed by atoms with van der Waals surface area (Å²) in [6, 6.07) is 3.66. The van der Waals surface area contributed by atoms with Crippen LogP contribution in [0.25, 0.3) is 10.9 Å². The standard InChI is InChI=1S/C24H23Cl3N4O3S/c1-24(7-3-2-4-8-24)35(32,33)31-20-15-28-21(12-16(20)14-29-31)30-10-5-6-17-19(30)13-18(26)23(22(17)27)34-11-9-25/h2-4,7,12-15H,5-6,8-11H2,1H3. The van der Waals surface area contributed by atoms with Crippen LogP contribution < -0.4 is 9.64 Å². The number of hydrogen-bond acceptors (Lipinski definition) is 6. The molecule has 0 spiro atoms. The summed E-state index contributed by atoms with van der Waals surface area (Å²) < 4.78 is 32.6. The fourth-order valence-electron chi connectivity index (χ4n) is 4.48. The Balaban J connectivity index is 1.54. The van der Waals surface area contributed by atoms with E-state index in [0.717, 1.165) is 28.2 Å². The van der Waals surface area contributed by atoms with Crippen molar-refractivity contribution in [1.29, 1.82) is 0 Å². The lowest BCUT2D eigenvalue weighted by atomic mass is 10.0. The zero-order valence-electron chi connectivity index (χ0n) is 18.9. The summed E-state index contributed by atoms with van der Waals surface area (Å²) >= 11 is 18.9. The number of hydrogen-bond donors (Lipinski definition) is 0. The van der Waals surface area contributed by atoms with Crippen LogP contribution in [0.3, 0.4) is 0 Å². The fourth-order valence-corrected chi connectivity index (χ4v) is 6.74.